The van der Waals surface area contributed by atoms with Gasteiger partial charge in [-0.2, -0.15) is 0 Å². The van der Waals surface area contributed by atoms with Crippen molar-refractivity contribution in [1.29, 1.82) is 0 Å². The second-order valence-corrected chi connectivity index (χ2v) is 5.02. The van der Waals surface area contributed by atoms with Gasteiger partial charge in [0, 0.05) is 32.2 Å². The van der Waals surface area contributed by atoms with Crippen molar-refractivity contribution in [2.24, 2.45) is 0 Å². The van der Waals surface area contributed by atoms with Crippen LogP contribution in [0.1, 0.15) is 18.9 Å². The molecule has 1 amide bonds. The molecular formula is C15H22N2O2. The standard InChI is InChI=1S/C15H22N2O2/c1-2-14-11-17(15(19)12-18)9-8-16(14)10-13-6-4-3-5-7-13/h3-7,14,18H,2,8-12H2,1H3. The Labute approximate surface area is 114 Å². The number of carbonyl (C=O) groups excluding carboxylic acids is 1. The summed E-state index contributed by atoms with van der Waals surface area (Å²) in [5.74, 6) is -0.155. The van der Waals surface area contributed by atoms with E-state index in [4.69, 9.17) is 5.11 Å². The van der Waals surface area contributed by atoms with E-state index in [0.29, 0.717) is 12.6 Å². The summed E-state index contributed by atoms with van der Waals surface area (Å²) >= 11 is 0. The molecule has 4 heteroatoms. The normalized spacial score (nSPS) is 20.5. The minimum atomic E-state index is -0.380. The Morgan fingerprint density at radius 1 is 1.32 bits per heavy atom. The number of amides is 1. The second kappa shape index (κ2) is 6.68. The van der Waals surface area contributed by atoms with Gasteiger partial charge >= 0.3 is 0 Å². The summed E-state index contributed by atoms with van der Waals surface area (Å²) in [6, 6.07) is 10.8. The van der Waals surface area contributed by atoms with Gasteiger partial charge in [0.1, 0.15) is 6.61 Å². The highest BCUT2D eigenvalue weighted by Gasteiger charge is 2.27. The van der Waals surface area contributed by atoms with Crippen LogP contribution in [0.5, 0.6) is 0 Å². The topological polar surface area (TPSA) is 43.8 Å². The predicted octanol–water partition coefficient (Wildman–Crippen LogP) is 1.10. The number of benzene rings is 1. The van der Waals surface area contributed by atoms with Crippen LogP contribution in [0.25, 0.3) is 0 Å². The fourth-order valence-electron chi connectivity index (χ4n) is 2.63. The maximum Gasteiger partial charge on any atom is 0.248 e. The number of rotatable bonds is 4. The van der Waals surface area contributed by atoms with E-state index in [-0.39, 0.29) is 12.5 Å². The lowest BCUT2D eigenvalue weighted by Crippen LogP contribution is -2.54. The minimum absolute atomic E-state index is 0.155. The summed E-state index contributed by atoms with van der Waals surface area (Å²) in [5.41, 5.74) is 1.31. The fourth-order valence-corrected chi connectivity index (χ4v) is 2.63. The zero-order valence-corrected chi connectivity index (χ0v) is 11.5. The van der Waals surface area contributed by atoms with Crippen molar-refractivity contribution in [3.63, 3.8) is 0 Å². The molecule has 1 fully saturated rings. The lowest BCUT2D eigenvalue weighted by molar-refractivity contribution is -0.137. The smallest absolute Gasteiger partial charge is 0.248 e. The van der Waals surface area contributed by atoms with Crippen LogP contribution in [-0.4, -0.2) is 53.1 Å². The average molecular weight is 262 g/mol. The van der Waals surface area contributed by atoms with Crippen molar-refractivity contribution >= 4 is 5.91 Å². The van der Waals surface area contributed by atoms with E-state index in [9.17, 15) is 4.79 Å². The number of nitrogens with zero attached hydrogens (tertiary/aromatic N) is 2. The van der Waals surface area contributed by atoms with Gasteiger partial charge in [0.15, 0.2) is 0 Å². The lowest BCUT2D eigenvalue weighted by Gasteiger charge is -2.41. The summed E-state index contributed by atoms with van der Waals surface area (Å²) < 4.78 is 0. The first kappa shape index (κ1) is 14.0. The van der Waals surface area contributed by atoms with Crippen molar-refractivity contribution < 1.29 is 9.90 Å². The maximum absolute atomic E-state index is 11.6. The highest BCUT2D eigenvalue weighted by atomic mass is 16.3. The molecule has 2 rings (SSSR count). The first-order valence-corrected chi connectivity index (χ1v) is 6.91. The Hall–Kier alpha value is -1.39. The number of aliphatic hydroxyl groups is 1. The number of hydrogen-bond donors (Lipinski definition) is 1. The zero-order valence-electron chi connectivity index (χ0n) is 11.5. The summed E-state index contributed by atoms with van der Waals surface area (Å²) in [5, 5.41) is 8.94. The Balaban J connectivity index is 1.97. The monoisotopic (exact) mass is 262 g/mol. The zero-order chi connectivity index (χ0) is 13.7. The van der Waals surface area contributed by atoms with Gasteiger partial charge in [-0.3, -0.25) is 9.69 Å². The molecular weight excluding hydrogens is 240 g/mol. The molecule has 4 nitrogen and oxygen atoms in total. The van der Waals surface area contributed by atoms with E-state index in [2.05, 4.69) is 36.1 Å². The second-order valence-electron chi connectivity index (χ2n) is 5.02. The number of carbonyl (C=O) groups is 1. The molecule has 0 saturated carbocycles. The van der Waals surface area contributed by atoms with E-state index in [1.165, 1.54) is 5.56 Å². The van der Waals surface area contributed by atoms with Crippen LogP contribution in [0.3, 0.4) is 0 Å². The molecule has 1 aromatic carbocycles. The van der Waals surface area contributed by atoms with Crippen LogP contribution in [0.15, 0.2) is 30.3 Å². The van der Waals surface area contributed by atoms with Crippen molar-refractivity contribution in [1.82, 2.24) is 9.80 Å². The largest absolute Gasteiger partial charge is 0.387 e. The summed E-state index contributed by atoms with van der Waals surface area (Å²) in [7, 11) is 0. The SMILES string of the molecule is CCC1CN(C(=O)CO)CCN1Cc1ccccc1. The third kappa shape index (κ3) is 3.55. The van der Waals surface area contributed by atoms with E-state index in [1.807, 2.05) is 6.07 Å². The van der Waals surface area contributed by atoms with Gasteiger partial charge in [0.05, 0.1) is 0 Å². The molecule has 104 valence electrons. The molecule has 1 aliphatic heterocycles. The lowest BCUT2D eigenvalue weighted by atomic mass is 10.1. The molecule has 1 saturated heterocycles. The average Bonchev–Trinajstić information content (AvgIpc) is 2.48. The summed E-state index contributed by atoms with van der Waals surface area (Å²) in [6.07, 6.45) is 1.02. The molecule has 1 unspecified atom stereocenters. The van der Waals surface area contributed by atoms with Crippen molar-refractivity contribution in [3.05, 3.63) is 35.9 Å². The third-order valence-electron chi connectivity index (χ3n) is 3.79. The van der Waals surface area contributed by atoms with Gasteiger partial charge in [0.2, 0.25) is 5.91 Å². The number of aliphatic hydroxyl groups excluding tert-OH is 1. The number of piperazine rings is 1. The quantitative estimate of drug-likeness (QED) is 0.884. The molecule has 19 heavy (non-hydrogen) atoms. The summed E-state index contributed by atoms with van der Waals surface area (Å²) in [6.45, 7) is 5.01. The van der Waals surface area contributed by atoms with Crippen LogP contribution in [0.4, 0.5) is 0 Å². The van der Waals surface area contributed by atoms with Gasteiger partial charge in [-0.15, -0.1) is 0 Å². The Kier molecular flexibility index (Phi) is 4.93. The fraction of sp³-hybridized carbons (Fsp3) is 0.533. The molecule has 0 spiro atoms. The minimum Gasteiger partial charge on any atom is -0.387 e. The van der Waals surface area contributed by atoms with Gasteiger partial charge in [0.25, 0.3) is 0 Å². The van der Waals surface area contributed by atoms with Crippen LogP contribution in [0.2, 0.25) is 0 Å². The van der Waals surface area contributed by atoms with Crippen molar-refractivity contribution in [3.8, 4) is 0 Å². The van der Waals surface area contributed by atoms with E-state index in [1.54, 1.807) is 4.90 Å². The highest BCUT2D eigenvalue weighted by Crippen LogP contribution is 2.16. The van der Waals surface area contributed by atoms with Crippen LogP contribution < -0.4 is 0 Å². The number of hydrogen-bond acceptors (Lipinski definition) is 3. The first-order chi connectivity index (χ1) is 9.24. The van der Waals surface area contributed by atoms with Gasteiger partial charge in [-0.05, 0) is 12.0 Å². The molecule has 1 aliphatic rings. The molecule has 0 radical (unpaired) electrons. The Bertz CT molecular complexity index is 408. The highest BCUT2D eigenvalue weighted by molar-refractivity contribution is 5.77. The molecule has 1 aromatic rings. The van der Waals surface area contributed by atoms with Crippen LogP contribution >= 0.6 is 0 Å². The maximum atomic E-state index is 11.6. The Morgan fingerprint density at radius 3 is 2.68 bits per heavy atom. The van der Waals surface area contributed by atoms with Gasteiger partial charge < -0.3 is 10.0 Å². The predicted molar refractivity (Wildman–Crippen MR) is 74.6 cm³/mol. The van der Waals surface area contributed by atoms with E-state index >= 15 is 0 Å². The van der Waals surface area contributed by atoms with Gasteiger partial charge in [-0.25, -0.2) is 0 Å². The van der Waals surface area contributed by atoms with Crippen molar-refractivity contribution in [2.45, 2.75) is 25.9 Å². The van der Waals surface area contributed by atoms with E-state index < -0.39 is 0 Å². The van der Waals surface area contributed by atoms with Crippen molar-refractivity contribution in [2.75, 3.05) is 26.2 Å². The summed E-state index contributed by atoms with van der Waals surface area (Å²) in [4.78, 5) is 15.8. The molecule has 0 bridgehead atoms. The first-order valence-electron chi connectivity index (χ1n) is 6.91. The van der Waals surface area contributed by atoms with Gasteiger partial charge in [-0.1, -0.05) is 37.3 Å². The third-order valence-corrected chi connectivity index (χ3v) is 3.79. The van der Waals surface area contributed by atoms with Crippen LogP contribution in [0, 0.1) is 0 Å². The van der Waals surface area contributed by atoms with Crippen LogP contribution in [-0.2, 0) is 11.3 Å². The molecule has 1 N–H and O–H groups in total. The molecule has 0 aromatic heterocycles. The van der Waals surface area contributed by atoms with E-state index in [0.717, 1.165) is 26.1 Å². The Morgan fingerprint density at radius 2 is 2.05 bits per heavy atom. The molecule has 1 heterocycles. The molecule has 1 atom stereocenters. The molecule has 0 aliphatic carbocycles.